The summed E-state index contributed by atoms with van der Waals surface area (Å²) >= 11 is 0. The van der Waals surface area contributed by atoms with Crippen molar-refractivity contribution in [3.63, 3.8) is 0 Å². The molecule has 0 saturated heterocycles. The number of benzene rings is 1. The van der Waals surface area contributed by atoms with Gasteiger partial charge in [0.1, 0.15) is 0 Å². The van der Waals surface area contributed by atoms with Crippen LogP contribution < -0.4 is 0 Å². The number of allylic oxidation sites excluding steroid dienone is 2. The topological polar surface area (TPSA) is 3.24 Å². The zero-order chi connectivity index (χ0) is 11.1. The predicted octanol–water partition coefficient (Wildman–Crippen LogP) is 3.61. The molecule has 0 aromatic heterocycles. The summed E-state index contributed by atoms with van der Waals surface area (Å²) < 4.78 is 0. The third kappa shape index (κ3) is 1.25. The van der Waals surface area contributed by atoms with Crippen LogP contribution in [-0.4, -0.2) is 4.90 Å². The van der Waals surface area contributed by atoms with Crippen molar-refractivity contribution in [1.82, 2.24) is 4.90 Å². The minimum Gasteiger partial charge on any atom is -0.522 e. The fourth-order valence-corrected chi connectivity index (χ4v) is 2.52. The molecular weight excluding hydrogens is 194 g/mol. The van der Waals surface area contributed by atoms with E-state index >= 15 is 0 Å². The lowest BCUT2D eigenvalue weighted by atomic mass is 9.84. The van der Waals surface area contributed by atoms with Crippen molar-refractivity contribution in [3.05, 3.63) is 71.9 Å². The molecule has 0 saturated carbocycles. The van der Waals surface area contributed by atoms with E-state index < -0.39 is 0 Å². The predicted molar refractivity (Wildman–Crippen MR) is 67.4 cm³/mol. The molecule has 1 aliphatic heterocycles. The zero-order valence-corrected chi connectivity index (χ0v) is 9.35. The zero-order valence-electron chi connectivity index (χ0n) is 9.35. The maximum absolute atomic E-state index is 4.09. The van der Waals surface area contributed by atoms with Gasteiger partial charge in [-0.3, -0.25) is 7.05 Å². The molecule has 1 aliphatic carbocycles. The molecule has 1 atom stereocenters. The second-order valence-corrected chi connectivity index (χ2v) is 4.34. The van der Waals surface area contributed by atoms with Crippen molar-refractivity contribution >= 4 is 6.08 Å². The number of rotatable bonds is 0. The van der Waals surface area contributed by atoms with Gasteiger partial charge in [0.15, 0.2) is 0 Å². The Kier molecular flexibility index (Phi) is 2.00. The molecular formula is C15H14N-. The first-order valence-corrected chi connectivity index (χ1v) is 5.52. The van der Waals surface area contributed by atoms with E-state index in [-0.39, 0.29) is 6.04 Å². The third-order valence-electron chi connectivity index (χ3n) is 3.30. The molecule has 0 radical (unpaired) electrons. The van der Waals surface area contributed by atoms with Crippen molar-refractivity contribution < 1.29 is 0 Å². The van der Waals surface area contributed by atoms with E-state index in [4.69, 9.17) is 0 Å². The number of hydrogen-bond donors (Lipinski definition) is 0. The highest BCUT2D eigenvalue weighted by Gasteiger charge is 2.23. The summed E-state index contributed by atoms with van der Waals surface area (Å²) in [6.07, 6.45) is 10.6. The van der Waals surface area contributed by atoms with Gasteiger partial charge in [-0.1, -0.05) is 36.4 Å². The van der Waals surface area contributed by atoms with Crippen LogP contribution in [-0.2, 0) is 0 Å². The van der Waals surface area contributed by atoms with Crippen LogP contribution in [0.3, 0.4) is 0 Å². The molecule has 0 spiro atoms. The van der Waals surface area contributed by atoms with Crippen molar-refractivity contribution in [2.75, 3.05) is 0 Å². The molecule has 1 heterocycles. The van der Waals surface area contributed by atoms with Gasteiger partial charge >= 0.3 is 0 Å². The van der Waals surface area contributed by atoms with E-state index in [1.54, 1.807) is 0 Å². The molecule has 80 valence electrons. The summed E-state index contributed by atoms with van der Waals surface area (Å²) in [5.74, 6) is 0. The van der Waals surface area contributed by atoms with Crippen LogP contribution in [0.5, 0.6) is 0 Å². The summed E-state index contributed by atoms with van der Waals surface area (Å²) in [4.78, 5) is 2.03. The number of nitrogens with zero attached hydrogens (tertiary/aromatic N) is 1. The van der Waals surface area contributed by atoms with E-state index in [0.29, 0.717) is 0 Å². The fraction of sp³-hybridized carbons (Fsp3) is 0.133. The minimum atomic E-state index is 0.284. The normalized spacial score (nSPS) is 21.5. The summed E-state index contributed by atoms with van der Waals surface area (Å²) in [5.41, 5.74) is 5.35. The van der Waals surface area contributed by atoms with Gasteiger partial charge in [-0.2, -0.15) is 0 Å². The Bertz CT molecular complexity index is 520. The lowest BCUT2D eigenvalue weighted by Gasteiger charge is -2.40. The molecule has 1 nitrogen and oxygen atoms in total. The molecule has 0 amide bonds. The average molecular weight is 208 g/mol. The van der Waals surface area contributed by atoms with Gasteiger partial charge < -0.3 is 4.90 Å². The van der Waals surface area contributed by atoms with Crippen LogP contribution in [0.2, 0.25) is 0 Å². The largest absolute Gasteiger partial charge is 0.522 e. The van der Waals surface area contributed by atoms with Crippen molar-refractivity contribution in [1.29, 1.82) is 0 Å². The summed E-state index contributed by atoms with van der Waals surface area (Å²) in [7, 11) is 4.09. The van der Waals surface area contributed by atoms with Crippen molar-refractivity contribution in [2.45, 2.75) is 13.0 Å². The molecule has 1 aromatic carbocycles. The SMILES string of the molecule is [CH2-]N1C=CC=C2C=Cc3cccc(C)c3C21. The standard InChI is InChI=1S/C15H14N/c1-11-5-3-6-12-8-9-13-7-4-10-16(2)15(13)14(11)12/h3-10,15H,2H2,1H3/q-1. The van der Waals surface area contributed by atoms with Crippen LogP contribution in [0.25, 0.3) is 6.08 Å². The fourth-order valence-electron chi connectivity index (χ4n) is 2.52. The van der Waals surface area contributed by atoms with E-state index in [9.17, 15) is 0 Å². The van der Waals surface area contributed by atoms with Gasteiger partial charge in [0.2, 0.25) is 0 Å². The molecule has 0 bridgehead atoms. The van der Waals surface area contributed by atoms with E-state index in [1.807, 2.05) is 17.2 Å². The number of fused-ring (bicyclic) bond motifs is 3. The first kappa shape index (κ1) is 9.46. The molecule has 0 fully saturated rings. The Hall–Kier alpha value is -1.76. The highest BCUT2D eigenvalue weighted by molar-refractivity contribution is 5.66. The monoisotopic (exact) mass is 208 g/mol. The maximum Gasteiger partial charge on any atom is 0.0520 e. The van der Waals surface area contributed by atoms with E-state index in [0.717, 1.165) is 0 Å². The van der Waals surface area contributed by atoms with Gasteiger partial charge in [-0.25, -0.2) is 0 Å². The quantitative estimate of drug-likeness (QED) is 0.589. The highest BCUT2D eigenvalue weighted by Crippen LogP contribution is 2.39. The van der Waals surface area contributed by atoms with Crippen LogP contribution in [0.15, 0.2) is 48.2 Å². The number of aryl methyl sites for hydroxylation is 1. The first-order valence-electron chi connectivity index (χ1n) is 5.52. The average Bonchev–Trinajstić information content (AvgIpc) is 2.29. The van der Waals surface area contributed by atoms with E-state index in [1.165, 1.54) is 22.3 Å². The summed E-state index contributed by atoms with van der Waals surface area (Å²) in [6, 6.07) is 6.73. The Balaban J connectivity index is 2.24. The van der Waals surface area contributed by atoms with Gasteiger partial charge in [0.05, 0.1) is 6.04 Å². The molecule has 1 unspecified atom stereocenters. The highest BCUT2D eigenvalue weighted by atomic mass is 15.1. The van der Waals surface area contributed by atoms with Crippen molar-refractivity contribution in [2.24, 2.45) is 0 Å². The summed E-state index contributed by atoms with van der Waals surface area (Å²) in [6.45, 7) is 2.17. The summed E-state index contributed by atoms with van der Waals surface area (Å²) in [5, 5.41) is 0. The lowest BCUT2D eigenvalue weighted by molar-refractivity contribution is 0.412. The third-order valence-corrected chi connectivity index (χ3v) is 3.30. The molecule has 1 aromatic rings. The minimum absolute atomic E-state index is 0.284. The molecule has 2 aliphatic rings. The van der Waals surface area contributed by atoms with E-state index in [2.05, 4.69) is 50.4 Å². The van der Waals surface area contributed by atoms with Crippen LogP contribution in [0, 0.1) is 14.0 Å². The van der Waals surface area contributed by atoms with Crippen molar-refractivity contribution in [3.8, 4) is 0 Å². The molecule has 1 heteroatoms. The van der Waals surface area contributed by atoms with Gasteiger partial charge in [0, 0.05) is 0 Å². The van der Waals surface area contributed by atoms with Gasteiger partial charge in [-0.15, -0.1) is 0 Å². The first-order chi connectivity index (χ1) is 7.77. The Morgan fingerprint density at radius 1 is 1.25 bits per heavy atom. The maximum atomic E-state index is 4.09. The molecule has 16 heavy (non-hydrogen) atoms. The van der Waals surface area contributed by atoms with Crippen LogP contribution >= 0.6 is 0 Å². The van der Waals surface area contributed by atoms with Gasteiger partial charge in [0.25, 0.3) is 0 Å². The molecule has 3 rings (SSSR count). The van der Waals surface area contributed by atoms with Crippen LogP contribution in [0.1, 0.15) is 22.7 Å². The van der Waals surface area contributed by atoms with Gasteiger partial charge in [-0.05, 0) is 41.5 Å². The van der Waals surface area contributed by atoms with Crippen LogP contribution in [0.4, 0.5) is 0 Å². The molecule has 0 N–H and O–H groups in total. The second-order valence-electron chi connectivity index (χ2n) is 4.34. The Labute approximate surface area is 96.4 Å². The Morgan fingerprint density at radius 2 is 2.12 bits per heavy atom. The number of hydrogen-bond acceptors (Lipinski definition) is 1. The lowest BCUT2D eigenvalue weighted by Crippen LogP contribution is -2.23. The smallest absolute Gasteiger partial charge is 0.0520 e. The second kappa shape index (κ2) is 3.38. The Morgan fingerprint density at radius 3 is 3.00 bits per heavy atom.